The molecule has 0 bridgehead atoms. The van der Waals surface area contributed by atoms with Crippen LogP contribution in [0.4, 0.5) is 11.4 Å². The smallest absolute Gasteiger partial charge is 0.224 e. The number of aryl methyl sites for hydroxylation is 1. The fraction of sp³-hybridized carbons (Fsp3) is 0.375. The van der Waals surface area contributed by atoms with Crippen LogP contribution in [0.2, 0.25) is 0 Å². The van der Waals surface area contributed by atoms with Crippen LogP contribution in [0.5, 0.6) is 0 Å². The number of nitrogens with zero attached hydrogens (tertiary/aromatic N) is 1. The van der Waals surface area contributed by atoms with E-state index < -0.39 is 0 Å². The third-order valence-electron chi connectivity index (χ3n) is 5.32. The lowest BCUT2D eigenvalue weighted by Crippen LogP contribution is -2.20. The molecule has 146 valence electrons. The molecule has 0 radical (unpaired) electrons. The molecule has 3 nitrogen and oxygen atoms in total. The molecule has 1 aromatic heterocycles. The van der Waals surface area contributed by atoms with Crippen LogP contribution >= 0.6 is 11.3 Å². The molecule has 0 spiro atoms. The molecule has 1 N–H and O–H groups in total. The zero-order valence-electron chi connectivity index (χ0n) is 17.1. The molecule has 2 aromatic carbocycles. The van der Waals surface area contributed by atoms with E-state index in [4.69, 9.17) is 0 Å². The predicted molar refractivity (Wildman–Crippen MR) is 120 cm³/mol. The van der Waals surface area contributed by atoms with Crippen molar-refractivity contribution in [1.82, 2.24) is 0 Å². The van der Waals surface area contributed by atoms with Gasteiger partial charge in [0.05, 0.1) is 6.54 Å². The Labute approximate surface area is 171 Å². The quantitative estimate of drug-likeness (QED) is 0.578. The van der Waals surface area contributed by atoms with Crippen LogP contribution in [0.15, 0.2) is 42.5 Å². The summed E-state index contributed by atoms with van der Waals surface area (Å²) in [6, 6.07) is 15.0. The number of carbonyl (C=O) groups excluding carboxylic acids is 1. The summed E-state index contributed by atoms with van der Waals surface area (Å²) in [5, 5.41) is 4.44. The van der Waals surface area contributed by atoms with Gasteiger partial charge in [-0.1, -0.05) is 39.0 Å². The molecule has 1 aliphatic rings. The maximum absolute atomic E-state index is 12.2. The lowest BCUT2D eigenvalue weighted by Gasteiger charge is -2.20. The van der Waals surface area contributed by atoms with E-state index >= 15 is 0 Å². The van der Waals surface area contributed by atoms with Crippen LogP contribution in [0.1, 0.15) is 43.2 Å². The van der Waals surface area contributed by atoms with Crippen molar-refractivity contribution in [1.29, 1.82) is 0 Å². The van der Waals surface area contributed by atoms with E-state index in [1.165, 1.54) is 31.8 Å². The maximum atomic E-state index is 12.2. The average molecular weight is 393 g/mol. The molecule has 2 heterocycles. The lowest BCUT2D eigenvalue weighted by atomic mass is 9.92. The van der Waals surface area contributed by atoms with Crippen LogP contribution in [0.3, 0.4) is 0 Å². The molecule has 28 heavy (non-hydrogen) atoms. The summed E-state index contributed by atoms with van der Waals surface area (Å²) in [6.45, 7) is 10.5. The first kappa shape index (κ1) is 19.0. The Bertz CT molecular complexity index is 1030. The normalized spacial score (nSPS) is 13.8. The summed E-state index contributed by atoms with van der Waals surface area (Å²) in [5.41, 5.74) is 4.94. The number of anilines is 2. The third-order valence-corrected chi connectivity index (χ3v) is 6.58. The van der Waals surface area contributed by atoms with Crippen molar-refractivity contribution in [3.63, 3.8) is 0 Å². The van der Waals surface area contributed by atoms with Crippen molar-refractivity contribution in [2.24, 2.45) is 5.41 Å². The second-order valence-electron chi connectivity index (χ2n) is 8.95. The van der Waals surface area contributed by atoms with Crippen LogP contribution in [-0.2, 0) is 17.8 Å². The monoisotopic (exact) mass is 392 g/mol. The van der Waals surface area contributed by atoms with E-state index in [1.54, 1.807) is 0 Å². The molecule has 3 aromatic rings. The molecular weight excluding hydrogens is 364 g/mol. The van der Waals surface area contributed by atoms with Gasteiger partial charge in [0.1, 0.15) is 0 Å². The van der Waals surface area contributed by atoms with Gasteiger partial charge in [0, 0.05) is 33.9 Å². The van der Waals surface area contributed by atoms with Crippen molar-refractivity contribution in [2.45, 2.75) is 47.1 Å². The molecule has 0 atom stereocenters. The highest BCUT2D eigenvalue weighted by Gasteiger charge is 2.22. The van der Waals surface area contributed by atoms with Gasteiger partial charge in [0.2, 0.25) is 5.91 Å². The number of fused-ring (bicyclic) bond motifs is 2. The second-order valence-corrected chi connectivity index (χ2v) is 10.1. The highest BCUT2D eigenvalue weighted by molar-refractivity contribution is 7.19. The van der Waals surface area contributed by atoms with Crippen LogP contribution < -0.4 is 10.2 Å². The first-order chi connectivity index (χ1) is 13.3. The number of hydrogen-bond donors (Lipinski definition) is 1. The minimum absolute atomic E-state index is 0.000278. The van der Waals surface area contributed by atoms with Crippen molar-refractivity contribution in [2.75, 3.05) is 16.8 Å². The van der Waals surface area contributed by atoms with Gasteiger partial charge in [-0.2, -0.15) is 0 Å². The summed E-state index contributed by atoms with van der Waals surface area (Å²) >= 11 is 1.90. The molecule has 0 saturated carbocycles. The SMILES string of the molecule is Cc1c(CN2CCc3cc(NC(=O)CC(C)(C)C)ccc32)sc2ccccc12. The highest BCUT2D eigenvalue weighted by Crippen LogP contribution is 2.36. The number of nitrogens with one attached hydrogen (secondary N) is 1. The summed E-state index contributed by atoms with van der Waals surface area (Å²) in [6.07, 6.45) is 1.56. The Morgan fingerprint density at radius 2 is 1.96 bits per heavy atom. The molecule has 1 amide bonds. The molecule has 0 fully saturated rings. The standard InChI is InChI=1S/C24H28N2OS/c1-16-19-7-5-6-8-21(19)28-22(16)15-26-12-11-17-13-18(9-10-20(17)26)25-23(27)14-24(2,3)4/h5-10,13H,11-12,14-15H2,1-4H3,(H,25,27). The van der Waals surface area contributed by atoms with Crippen LogP contribution in [0.25, 0.3) is 10.1 Å². The molecular formula is C24H28N2OS. The predicted octanol–water partition coefficient (Wildman–Crippen LogP) is 6.15. The highest BCUT2D eigenvalue weighted by atomic mass is 32.1. The minimum Gasteiger partial charge on any atom is -0.366 e. The van der Waals surface area contributed by atoms with E-state index in [9.17, 15) is 4.79 Å². The zero-order valence-corrected chi connectivity index (χ0v) is 18.0. The fourth-order valence-corrected chi connectivity index (χ4v) is 5.17. The number of rotatable bonds is 4. The van der Waals surface area contributed by atoms with Gasteiger partial charge >= 0.3 is 0 Å². The van der Waals surface area contributed by atoms with Crippen molar-refractivity contribution < 1.29 is 4.79 Å². The third kappa shape index (κ3) is 3.93. The molecule has 0 unspecified atom stereocenters. The topological polar surface area (TPSA) is 32.3 Å². The van der Waals surface area contributed by atoms with E-state index in [2.05, 4.69) is 74.3 Å². The maximum Gasteiger partial charge on any atom is 0.224 e. The van der Waals surface area contributed by atoms with Crippen molar-refractivity contribution in [3.05, 3.63) is 58.5 Å². The van der Waals surface area contributed by atoms with Crippen LogP contribution in [0, 0.1) is 12.3 Å². The van der Waals surface area contributed by atoms with Gasteiger partial charge in [0.15, 0.2) is 0 Å². The van der Waals surface area contributed by atoms with Gasteiger partial charge in [-0.3, -0.25) is 4.79 Å². The Hall–Kier alpha value is -2.33. The zero-order chi connectivity index (χ0) is 19.9. The van der Waals surface area contributed by atoms with Crippen molar-refractivity contribution in [3.8, 4) is 0 Å². The minimum atomic E-state index is -0.000278. The van der Waals surface area contributed by atoms with Gasteiger partial charge in [-0.05, 0) is 59.5 Å². The Kier molecular flexibility index (Phi) is 4.92. The number of hydrogen-bond acceptors (Lipinski definition) is 3. The lowest BCUT2D eigenvalue weighted by molar-refractivity contribution is -0.117. The van der Waals surface area contributed by atoms with Gasteiger partial charge in [0.25, 0.3) is 0 Å². The molecule has 4 rings (SSSR count). The first-order valence-electron chi connectivity index (χ1n) is 9.95. The molecule has 4 heteroatoms. The average Bonchev–Trinajstić information content (AvgIpc) is 3.15. The Morgan fingerprint density at radius 3 is 2.71 bits per heavy atom. The van der Waals surface area contributed by atoms with Crippen LogP contribution in [-0.4, -0.2) is 12.5 Å². The molecule has 1 aliphatic heterocycles. The number of amides is 1. The van der Waals surface area contributed by atoms with E-state index in [0.717, 1.165) is 25.2 Å². The largest absolute Gasteiger partial charge is 0.366 e. The number of benzene rings is 2. The molecule has 0 saturated heterocycles. The Balaban J connectivity index is 1.50. The summed E-state index contributed by atoms with van der Waals surface area (Å²) in [4.78, 5) is 16.1. The molecule has 0 aliphatic carbocycles. The second kappa shape index (κ2) is 7.25. The number of carbonyl (C=O) groups is 1. The van der Waals surface area contributed by atoms with E-state index in [1.807, 2.05) is 17.4 Å². The number of thiophene rings is 1. The van der Waals surface area contributed by atoms with E-state index in [-0.39, 0.29) is 11.3 Å². The van der Waals surface area contributed by atoms with Gasteiger partial charge in [-0.15, -0.1) is 11.3 Å². The Morgan fingerprint density at radius 1 is 1.18 bits per heavy atom. The van der Waals surface area contributed by atoms with Gasteiger partial charge in [-0.25, -0.2) is 0 Å². The summed E-state index contributed by atoms with van der Waals surface area (Å²) in [5.74, 6) is 0.0863. The summed E-state index contributed by atoms with van der Waals surface area (Å²) < 4.78 is 1.37. The van der Waals surface area contributed by atoms with E-state index in [0.29, 0.717) is 6.42 Å². The van der Waals surface area contributed by atoms with Gasteiger partial charge < -0.3 is 10.2 Å². The van der Waals surface area contributed by atoms with Crippen molar-refractivity contribution >= 4 is 38.7 Å². The fourth-order valence-electron chi connectivity index (χ4n) is 3.95. The summed E-state index contributed by atoms with van der Waals surface area (Å²) in [7, 11) is 0. The first-order valence-corrected chi connectivity index (χ1v) is 10.8.